The fourth-order valence-electron chi connectivity index (χ4n) is 0.123. The summed E-state index contributed by atoms with van der Waals surface area (Å²) < 4.78 is 0. The number of rotatable bonds is 2. The maximum absolute atomic E-state index is 9.53. The molecule has 3 heteroatoms. The first-order valence-electron chi connectivity index (χ1n) is 3.32. The zero-order valence-electron chi connectivity index (χ0n) is 7.29. The van der Waals surface area contributed by atoms with Crippen LogP contribution in [0.4, 0.5) is 0 Å². The molecule has 0 aromatic carbocycles. The van der Waals surface area contributed by atoms with Crippen molar-refractivity contribution in [2.24, 2.45) is 0 Å². The first kappa shape index (κ1) is 12.8. The summed E-state index contributed by atoms with van der Waals surface area (Å²) in [7, 11) is 0. The van der Waals surface area contributed by atoms with E-state index < -0.39 is 11.6 Å². The fraction of sp³-hybridized carbons (Fsp3) is 0.625. The van der Waals surface area contributed by atoms with E-state index in [1.807, 2.05) is 0 Å². The van der Waals surface area contributed by atoms with Crippen LogP contribution in [-0.4, -0.2) is 21.8 Å². The number of carboxylic acid groups (broad SMARTS) is 1. The van der Waals surface area contributed by atoms with E-state index in [1.165, 1.54) is 6.08 Å². The predicted octanol–water partition coefficient (Wildman–Crippen LogP) is 1.42. The number of hydrogen-bond acceptors (Lipinski definition) is 2. The third-order valence-electron chi connectivity index (χ3n) is 0.319. The molecule has 0 saturated heterocycles. The first-order chi connectivity index (χ1) is 4.77. The first-order valence-corrected chi connectivity index (χ1v) is 3.32. The molecule has 11 heavy (non-hydrogen) atoms. The normalized spacial score (nSPS) is 9.45. The standard InChI is InChI=1S/C4H6O2.C4H10O/c1-2-3-4(5)6;1-4(2,3)5/h2H,1,3H2,(H,5,6);5H,1-3H3. The van der Waals surface area contributed by atoms with Crippen molar-refractivity contribution in [3.63, 3.8) is 0 Å². The largest absolute Gasteiger partial charge is 0.481 e. The number of carboxylic acids is 1. The molecule has 0 atom stereocenters. The Kier molecular flexibility index (Phi) is 6.89. The van der Waals surface area contributed by atoms with E-state index in [2.05, 4.69) is 6.58 Å². The van der Waals surface area contributed by atoms with Gasteiger partial charge in [0.15, 0.2) is 0 Å². The molecule has 0 spiro atoms. The summed E-state index contributed by atoms with van der Waals surface area (Å²) in [6.45, 7) is 8.45. The lowest BCUT2D eigenvalue weighted by molar-refractivity contribution is -0.135. The van der Waals surface area contributed by atoms with Crippen LogP contribution in [0, 0.1) is 0 Å². The average molecular weight is 160 g/mol. The summed E-state index contributed by atoms with van der Waals surface area (Å²) in [5.41, 5.74) is -0.500. The van der Waals surface area contributed by atoms with Crippen molar-refractivity contribution in [2.75, 3.05) is 0 Å². The molecule has 0 heterocycles. The Balaban J connectivity index is 0. The maximum Gasteiger partial charge on any atom is 0.307 e. The lowest BCUT2D eigenvalue weighted by Gasteiger charge is -2.04. The van der Waals surface area contributed by atoms with Crippen LogP contribution in [0.1, 0.15) is 27.2 Å². The third kappa shape index (κ3) is 100. The molecule has 0 radical (unpaired) electrons. The molecule has 0 bridgehead atoms. The molecule has 66 valence electrons. The van der Waals surface area contributed by atoms with Crippen molar-refractivity contribution < 1.29 is 15.0 Å². The van der Waals surface area contributed by atoms with E-state index in [1.54, 1.807) is 20.8 Å². The Hall–Kier alpha value is -0.830. The van der Waals surface area contributed by atoms with Crippen LogP contribution in [0.3, 0.4) is 0 Å². The second kappa shape index (κ2) is 5.92. The van der Waals surface area contributed by atoms with Gasteiger partial charge in [0.05, 0.1) is 12.0 Å². The highest BCUT2D eigenvalue weighted by Crippen LogP contribution is 1.93. The van der Waals surface area contributed by atoms with Gasteiger partial charge in [0, 0.05) is 0 Å². The molecule has 0 rings (SSSR count). The Labute approximate surface area is 67.4 Å². The van der Waals surface area contributed by atoms with Crippen LogP contribution >= 0.6 is 0 Å². The molecule has 0 amide bonds. The van der Waals surface area contributed by atoms with Crippen LogP contribution in [0.15, 0.2) is 12.7 Å². The molecule has 0 saturated carbocycles. The van der Waals surface area contributed by atoms with Gasteiger partial charge in [-0.05, 0) is 20.8 Å². The molecule has 0 aliphatic rings. The van der Waals surface area contributed by atoms with Gasteiger partial charge in [-0.1, -0.05) is 6.08 Å². The molecule has 2 N–H and O–H groups in total. The Morgan fingerprint density at radius 1 is 1.55 bits per heavy atom. The van der Waals surface area contributed by atoms with Gasteiger partial charge in [0.25, 0.3) is 0 Å². The fourth-order valence-corrected chi connectivity index (χ4v) is 0.123. The zero-order valence-corrected chi connectivity index (χ0v) is 7.29. The minimum atomic E-state index is -0.829. The summed E-state index contributed by atoms with van der Waals surface area (Å²) in [5, 5.41) is 16.4. The van der Waals surface area contributed by atoms with Crippen molar-refractivity contribution in [1.82, 2.24) is 0 Å². The minimum absolute atomic E-state index is 0.0556. The van der Waals surface area contributed by atoms with Crippen LogP contribution in [0.2, 0.25) is 0 Å². The summed E-state index contributed by atoms with van der Waals surface area (Å²) in [6.07, 6.45) is 1.41. The summed E-state index contributed by atoms with van der Waals surface area (Å²) in [6, 6.07) is 0. The van der Waals surface area contributed by atoms with Crippen molar-refractivity contribution in [1.29, 1.82) is 0 Å². The molecule has 0 aromatic heterocycles. The van der Waals surface area contributed by atoms with Crippen LogP contribution in [0.5, 0.6) is 0 Å². The molecule has 3 nitrogen and oxygen atoms in total. The smallest absolute Gasteiger partial charge is 0.307 e. The Morgan fingerprint density at radius 2 is 1.82 bits per heavy atom. The average Bonchev–Trinajstić information content (AvgIpc) is 1.58. The quantitative estimate of drug-likeness (QED) is 0.601. The number of aliphatic hydroxyl groups is 1. The summed E-state index contributed by atoms with van der Waals surface area (Å²) >= 11 is 0. The highest BCUT2D eigenvalue weighted by Gasteiger charge is 1.97. The van der Waals surface area contributed by atoms with Gasteiger partial charge in [0.2, 0.25) is 0 Å². The number of carbonyl (C=O) groups is 1. The van der Waals surface area contributed by atoms with E-state index in [0.717, 1.165) is 0 Å². The van der Waals surface area contributed by atoms with Crippen molar-refractivity contribution in [3.05, 3.63) is 12.7 Å². The van der Waals surface area contributed by atoms with E-state index in [4.69, 9.17) is 10.2 Å². The second-order valence-corrected chi connectivity index (χ2v) is 3.06. The van der Waals surface area contributed by atoms with Crippen LogP contribution < -0.4 is 0 Å². The monoisotopic (exact) mass is 160 g/mol. The van der Waals surface area contributed by atoms with E-state index in [9.17, 15) is 4.79 Å². The third-order valence-corrected chi connectivity index (χ3v) is 0.319. The highest BCUT2D eigenvalue weighted by molar-refractivity contribution is 5.68. The van der Waals surface area contributed by atoms with Gasteiger partial charge in [0.1, 0.15) is 0 Å². The maximum atomic E-state index is 9.53. The van der Waals surface area contributed by atoms with Gasteiger partial charge in [-0.25, -0.2) is 0 Å². The Morgan fingerprint density at radius 3 is 1.82 bits per heavy atom. The molecule has 0 fully saturated rings. The predicted molar refractivity (Wildman–Crippen MR) is 44.4 cm³/mol. The van der Waals surface area contributed by atoms with Crippen molar-refractivity contribution in [2.45, 2.75) is 32.8 Å². The van der Waals surface area contributed by atoms with Gasteiger partial charge < -0.3 is 10.2 Å². The molecular formula is C8H16O3. The Bertz CT molecular complexity index is 116. The minimum Gasteiger partial charge on any atom is -0.481 e. The molecular weight excluding hydrogens is 144 g/mol. The number of aliphatic carboxylic acids is 1. The lowest BCUT2D eigenvalue weighted by atomic mass is 10.2. The molecule has 0 aliphatic carbocycles. The van der Waals surface area contributed by atoms with Crippen molar-refractivity contribution in [3.8, 4) is 0 Å². The van der Waals surface area contributed by atoms with Gasteiger partial charge in [-0.15, -0.1) is 6.58 Å². The van der Waals surface area contributed by atoms with Crippen LogP contribution in [0.25, 0.3) is 0 Å². The SMILES string of the molecule is C=CCC(=O)O.CC(C)(C)O. The van der Waals surface area contributed by atoms with E-state index >= 15 is 0 Å². The van der Waals surface area contributed by atoms with E-state index in [-0.39, 0.29) is 6.42 Å². The topological polar surface area (TPSA) is 57.5 Å². The molecule has 0 aromatic rings. The van der Waals surface area contributed by atoms with Gasteiger partial charge >= 0.3 is 5.97 Å². The molecule has 0 unspecified atom stereocenters. The van der Waals surface area contributed by atoms with Crippen molar-refractivity contribution >= 4 is 5.97 Å². The number of hydrogen-bond donors (Lipinski definition) is 2. The summed E-state index contributed by atoms with van der Waals surface area (Å²) in [4.78, 5) is 9.53. The zero-order chi connectivity index (χ0) is 9.49. The lowest BCUT2D eigenvalue weighted by Crippen LogP contribution is -2.10. The van der Waals surface area contributed by atoms with Gasteiger partial charge in [-0.3, -0.25) is 4.79 Å². The van der Waals surface area contributed by atoms with E-state index in [0.29, 0.717) is 0 Å². The highest BCUT2D eigenvalue weighted by atomic mass is 16.4. The van der Waals surface area contributed by atoms with Gasteiger partial charge in [-0.2, -0.15) is 0 Å². The van der Waals surface area contributed by atoms with Crippen LogP contribution in [-0.2, 0) is 4.79 Å². The summed E-state index contributed by atoms with van der Waals surface area (Å²) in [5.74, 6) is -0.829. The second-order valence-electron chi connectivity index (χ2n) is 3.06. The molecule has 0 aliphatic heterocycles.